The maximum absolute atomic E-state index is 13.7. The molecule has 1 aromatic carbocycles. The zero-order valence-electron chi connectivity index (χ0n) is 8.47. The van der Waals surface area contributed by atoms with Crippen molar-refractivity contribution in [2.24, 2.45) is 0 Å². The molecule has 0 unspecified atom stereocenters. The van der Waals surface area contributed by atoms with E-state index in [4.69, 9.17) is 10.7 Å². The first-order chi connectivity index (χ1) is 7.98. The second-order valence-corrected chi connectivity index (χ2v) is 5.88. The van der Waals surface area contributed by atoms with E-state index in [-0.39, 0.29) is 4.90 Å². The van der Waals surface area contributed by atoms with Crippen molar-refractivity contribution >= 4 is 19.7 Å². The Bertz CT molecular complexity index is 644. The molecule has 1 heterocycles. The van der Waals surface area contributed by atoms with Gasteiger partial charge >= 0.3 is 0 Å². The van der Waals surface area contributed by atoms with Crippen molar-refractivity contribution in [3.05, 3.63) is 48.5 Å². The molecule has 0 saturated carbocycles. The Labute approximate surface area is 102 Å². The van der Waals surface area contributed by atoms with Crippen LogP contribution in [0.1, 0.15) is 0 Å². The second-order valence-electron chi connectivity index (χ2n) is 3.32. The SMILES string of the molecule is O=S(=O)(Cl)c1ccc(-c2ccncc2)c(F)c1. The molecular weight excluding hydrogens is 265 g/mol. The van der Waals surface area contributed by atoms with Crippen LogP contribution >= 0.6 is 10.7 Å². The molecule has 1 aromatic heterocycles. The highest BCUT2D eigenvalue weighted by atomic mass is 35.7. The van der Waals surface area contributed by atoms with Crippen molar-refractivity contribution in [1.82, 2.24) is 4.98 Å². The van der Waals surface area contributed by atoms with Gasteiger partial charge in [-0.15, -0.1) is 0 Å². The summed E-state index contributed by atoms with van der Waals surface area (Å²) in [4.78, 5) is 3.56. The molecule has 0 aliphatic heterocycles. The number of nitrogens with zero attached hydrogens (tertiary/aromatic N) is 1. The van der Waals surface area contributed by atoms with E-state index in [0.29, 0.717) is 11.1 Å². The molecule has 0 N–H and O–H groups in total. The summed E-state index contributed by atoms with van der Waals surface area (Å²) in [5.41, 5.74) is 0.924. The van der Waals surface area contributed by atoms with Gasteiger partial charge in [-0.3, -0.25) is 4.98 Å². The number of pyridine rings is 1. The summed E-state index contributed by atoms with van der Waals surface area (Å²) in [5, 5.41) is 0. The number of hydrogen-bond acceptors (Lipinski definition) is 3. The Morgan fingerprint density at radius 1 is 1.12 bits per heavy atom. The van der Waals surface area contributed by atoms with Gasteiger partial charge in [0, 0.05) is 28.6 Å². The summed E-state index contributed by atoms with van der Waals surface area (Å²) in [6.45, 7) is 0. The van der Waals surface area contributed by atoms with Gasteiger partial charge in [0.25, 0.3) is 9.05 Å². The van der Waals surface area contributed by atoms with E-state index in [1.165, 1.54) is 24.5 Å². The van der Waals surface area contributed by atoms with E-state index in [2.05, 4.69) is 4.98 Å². The van der Waals surface area contributed by atoms with E-state index in [9.17, 15) is 12.8 Å². The lowest BCUT2D eigenvalue weighted by Crippen LogP contribution is -1.93. The molecule has 0 aliphatic rings. The van der Waals surface area contributed by atoms with Gasteiger partial charge in [-0.1, -0.05) is 6.07 Å². The molecule has 6 heteroatoms. The summed E-state index contributed by atoms with van der Waals surface area (Å²) < 4.78 is 35.8. The van der Waals surface area contributed by atoms with Crippen molar-refractivity contribution in [2.45, 2.75) is 4.90 Å². The fourth-order valence-corrected chi connectivity index (χ4v) is 2.18. The number of rotatable bonds is 2. The van der Waals surface area contributed by atoms with Crippen LogP contribution in [0.15, 0.2) is 47.6 Å². The van der Waals surface area contributed by atoms with Crippen LogP contribution in [0.3, 0.4) is 0 Å². The van der Waals surface area contributed by atoms with Crippen LogP contribution in [0, 0.1) is 5.82 Å². The zero-order chi connectivity index (χ0) is 12.5. The fraction of sp³-hybridized carbons (Fsp3) is 0. The molecule has 0 radical (unpaired) electrons. The van der Waals surface area contributed by atoms with Crippen LogP contribution in [0.25, 0.3) is 11.1 Å². The summed E-state index contributed by atoms with van der Waals surface area (Å²) in [6.07, 6.45) is 3.06. The highest BCUT2D eigenvalue weighted by molar-refractivity contribution is 8.13. The van der Waals surface area contributed by atoms with Gasteiger partial charge in [0.05, 0.1) is 4.90 Å². The van der Waals surface area contributed by atoms with Gasteiger partial charge in [-0.05, 0) is 29.8 Å². The molecule has 0 atom stereocenters. The Morgan fingerprint density at radius 3 is 2.29 bits per heavy atom. The minimum Gasteiger partial charge on any atom is -0.265 e. The van der Waals surface area contributed by atoms with Crippen LogP contribution < -0.4 is 0 Å². The molecule has 2 aromatic rings. The van der Waals surface area contributed by atoms with E-state index in [0.717, 1.165) is 6.07 Å². The van der Waals surface area contributed by atoms with Crippen LogP contribution in [0.5, 0.6) is 0 Å². The number of halogens is 2. The molecule has 88 valence electrons. The van der Waals surface area contributed by atoms with Crippen molar-refractivity contribution in [3.8, 4) is 11.1 Å². The normalized spacial score (nSPS) is 11.4. The van der Waals surface area contributed by atoms with Gasteiger partial charge < -0.3 is 0 Å². The molecule has 0 amide bonds. The van der Waals surface area contributed by atoms with E-state index in [1.54, 1.807) is 12.1 Å². The first-order valence-corrected chi connectivity index (χ1v) is 6.94. The number of hydrogen-bond donors (Lipinski definition) is 0. The molecule has 3 nitrogen and oxygen atoms in total. The van der Waals surface area contributed by atoms with Gasteiger partial charge in [0.2, 0.25) is 0 Å². The van der Waals surface area contributed by atoms with Crippen molar-refractivity contribution in [3.63, 3.8) is 0 Å². The van der Waals surface area contributed by atoms with Crippen LogP contribution in [-0.4, -0.2) is 13.4 Å². The second kappa shape index (κ2) is 4.43. The Hall–Kier alpha value is -1.46. The maximum atomic E-state index is 13.7. The van der Waals surface area contributed by atoms with E-state index in [1.807, 2.05) is 0 Å². The summed E-state index contributed by atoms with van der Waals surface area (Å²) in [7, 11) is 1.22. The molecule has 0 aliphatic carbocycles. The molecule has 0 bridgehead atoms. The van der Waals surface area contributed by atoms with Gasteiger partial charge in [-0.2, -0.15) is 0 Å². The zero-order valence-corrected chi connectivity index (χ0v) is 10.0. The van der Waals surface area contributed by atoms with Gasteiger partial charge in [0.15, 0.2) is 0 Å². The standard InChI is InChI=1S/C11H7ClFNO2S/c12-17(15,16)9-1-2-10(11(13)7-9)8-3-5-14-6-4-8/h1-7H. The Kier molecular flexibility index (Phi) is 3.13. The van der Waals surface area contributed by atoms with Crippen LogP contribution in [0.4, 0.5) is 4.39 Å². The molecule has 17 heavy (non-hydrogen) atoms. The highest BCUT2D eigenvalue weighted by Gasteiger charge is 2.13. The van der Waals surface area contributed by atoms with Crippen molar-refractivity contribution in [2.75, 3.05) is 0 Å². The van der Waals surface area contributed by atoms with Crippen LogP contribution in [-0.2, 0) is 9.05 Å². The number of benzene rings is 1. The summed E-state index contributed by atoms with van der Waals surface area (Å²) >= 11 is 0. The fourth-order valence-electron chi connectivity index (χ4n) is 1.41. The molecule has 0 fully saturated rings. The average molecular weight is 272 g/mol. The van der Waals surface area contributed by atoms with Crippen molar-refractivity contribution < 1.29 is 12.8 Å². The first-order valence-electron chi connectivity index (χ1n) is 4.63. The van der Waals surface area contributed by atoms with E-state index >= 15 is 0 Å². The smallest absolute Gasteiger partial charge is 0.261 e. The minimum atomic E-state index is -3.90. The topological polar surface area (TPSA) is 47.0 Å². The minimum absolute atomic E-state index is 0.255. The molecular formula is C11H7ClFNO2S. The molecule has 2 rings (SSSR count). The summed E-state index contributed by atoms with van der Waals surface area (Å²) in [6, 6.07) is 6.81. The van der Waals surface area contributed by atoms with Gasteiger partial charge in [0.1, 0.15) is 5.82 Å². The highest BCUT2D eigenvalue weighted by Crippen LogP contribution is 2.25. The van der Waals surface area contributed by atoms with Crippen molar-refractivity contribution in [1.29, 1.82) is 0 Å². The Balaban J connectivity index is 2.54. The van der Waals surface area contributed by atoms with Gasteiger partial charge in [-0.25, -0.2) is 12.8 Å². The largest absolute Gasteiger partial charge is 0.265 e. The first kappa shape index (κ1) is 12.0. The predicted molar refractivity (Wildman–Crippen MR) is 62.7 cm³/mol. The molecule has 0 saturated heterocycles. The Morgan fingerprint density at radius 2 is 1.76 bits per heavy atom. The maximum Gasteiger partial charge on any atom is 0.261 e. The number of aromatic nitrogens is 1. The third kappa shape index (κ3) is 2.62. The average Bonchev–Trinajstić information content (AvgIpc) is 2.29. The summed E-state index contributed by atoms with van der Waals surface area (Å²) in [5.74, 6) is -0.641. The lowest BCUT2D eigenvalue weighted by Gasteiger charge is -2.04. The third-order valence-corrected chi connectivity index (χ3v) is 3.56. The lowest BCUT2D eigenvalue weighted by atomic mass is 10.1. The third-order valence-electron chi connectivity index (χ3n) is 2.21. The predicted octanol–water partition coefficient (Wildman–Crippen LogP) is 2.82. The quantitative estimate of drug-likeness (QED) is 0.789. The lowest BCUT2D eigenvalue weighted by molar-refractivity contribution is 0.603. The van der Waals surface area contributed by atoms with Crippen LogP contribution in [0.2, 0.25) is 0 Å². The monoisotopic (exact) mass is 271 g/mol. The van der Waals surface area contributed by atoms with E-state index < -0.39 is 14.9 Å². The molecule has 0 spiro atoms.